The van der Waals surface area contributed by atoms with Crippen molar-refractivity contribution in [2.24, 2.45) is 0 Å². The molecular weight excluding hydrogens is 380 g/mol. The Kier molecular flexibility index (Phi) is 6.65. The maximum Gasteiger partial charge on any atom is 0.269 e. The van der Waals surface area contributed by atoms with Crippen molar-refractivity contribution in [3.63, 3.8) is 0 Å². The van der Waals surface area contributed by atoms with E-state index in [0.29, 0.717) is 25.2 Å². The van der Waals surface area contributed by atoms with Crippen LogP contribution in [0, 0.1) is 10.1 Å². The number of nitrogens with zero attached hydrogens (tertiary/aromatic N) is 3. The zero-order valence-corrected chi connectivity index (χ0v) is 15.4. The van der Waals surface area contributed by atoms with Crippen LogP contribution in [-0.2, 0) is 15.8 Å². The van der Waals surface area contributed by atoms with Gasteiger partial charge in [0.1, 0.15) is 0 Å². The minimum absolute atomic E-state index is 0. The molecule has 140 valence electrons. The maximum absolute atomic E-state index is 12.9. The zero-order valence-electron chi connectivity index (χ0n) is 13.8. The summed E-state index contributed by atoms with van der Waals surface area (Å²) in [4.78, 5) is 14.4. The highest BCUT2D eigenvalue weighted by molar-refractivity contribution is 7.88. The summed E-state index contributed by atoms with van der Waals surface area (Å²) in [7, 11) is -3.63. The second kappa shape index (κ2) is 8.54. The van der Waals surface area contributed by atoms with Crippen molar-refractivity contribution in [1.29, 1.82) is 0 Å². The van der Waals surface area contributed by atoms with Gasteiger partial charge >= 0.3 is 0 Å². The van der Waals surface area contributed by atoms with Crippen molar-refractivity contribution in [3.05, 3.63) is 70.0 Å². The second-order valence-electron chi connectivity index (χ2n) is 5.80. The molecule has 1 N–H and O–H groups in total. The second-order valence-corrected chi connectivity index (χ2v) is 7.72. The molecule has 10 heteroatoms. The molecule has 1 aromatic carbocycles. The summed E-state index contributed by atoms with van der Waals surface area (Å²) in [5.41, 5.74) is 1.10. The Bertz CT molecular complexity index is 864. The van der Waals surface area contributed by atoms with Gasteiger partial charge < -0.3 is 5.32 Å². The molecule has 1 aliphatic rings. The largest absolute Gasteiger partial charge is 0.313 e. The lowest BCUT2D eigenvalue weighted by atomic mass is 10.1. The molecule has 1 atom stereocenters. The maximum atomic E-state index is 12.9. The highest BCUT2D eigenvalue weighted by Gasteiger charge is 2.33. The van der Waals surface area contributed by atoms with Crippen LogP contribution < -0.4 is 5.32 Å². The summed E-state index contributed by atoms with van der Waals surface area (Å²) in [5.74, 6) is -0.272. The smallest absolute Gasteiger partial charge is 0.269 e. The fraction of sp³-hybridized carbons (Fsp3) is 0.312. The van der Waals surface area contributed by atoms with E-state index < -0.39 is 14.9 Å². The lowest BCUT2D eigenvalue weighted by Crippen LogP contribution is -2.48. The van der Waals surface area contributed by atoms with Crippen LogP contribution in [0.2, 0.25) is 0 Å². The number of aromatic nitrogens is 1. The molecule has 3 rings (SSSR count). The quantitative estimate of drug-likeness (QED) is 0.609. The first-order chi connectivity index (χ1) is 12.0. The normalized spacial score (nSPS) is 18.1. The molecule has 26 heavy (non-hydrogen) atoms. The first kappa shape index (κ1) is 20.2. The first-order valence-corrected chi connectivity index (χ1v) is 9.42. The number of sulfonamides is 1. The molecule has 1 aliphatic heterocycles. The third kappa shape index (κ3) is 4.55. The molecule has 1 aromatic heterocycles. The summed E-state index contributed by atoms with van der Waals surface area (Å²) in [6.07, 6.45) is 3.30. The Labute approximate surface area is 157 Å². The average Bonchev–Trinajstić information content (AvgIpc) is 2.62. The number of nitro groups is 1. The van der Waals surface area contributed by atoms with Gasteiger partial charge in [-0.05, 0) is 17.2 Å². The molecule has 1 saturated heterocycles. The van der Waals surface area contributed by atoms with E-state index in [1.165, 1.54) is 22.5 Å². The first-order valence-electron chi connectivity index (χ1n) is 7.81. The van der Waals surface area contributed by atoms with Crippen LogP contribution >= 0.6 is 12.4 Å². The van der Waals surface area contributed by atoms with Gasteiger partial charge in [0.2, 0.25) is 10.0 Å². The Hall–Kier alpha value is -2.07. The van der Waals surface area contributed by atoms with Gasteiger partial charge in [0.15, 0.2) is 0 Å². The molecule has 1 fully saturated rings. The molecule has 0 spiro atoms. The highest BCUT2D eigenvalue weighted by Crippen LogP contribution is 2.27. The summed E-state index contributed by atoms with van der Waals surface area (Å²) < 4.78 is 27.3. The van der Waals surface area contributed by atoms with E-state index in [1.54, 1.807) is 24.5 Å². The highest BCUT2D eigenvalue weighted by atomic mass is 35.5. The monoisotopic (exact) mass is 398 g/mol. The lowest BCUT2D eigenvalue weighted by molar-refractivity contribution is -0.384. The van der Waals surface area contributed by atoms with Crippen LogP contribution in [0.3, 0.4) is 0 Å². The Balaban J connectivity index is 0.00000243. The lowest BCUT2D eigenvalue weighted by Gasteiger charge is -2.35. The number of hydrogen-bond donors (Lipinski definition) is 1. The van der Waals surface area contributed by atoms with Gasteiger partial charge in [-0.1, -0.05) is 18.2 Å². The van der Waals surface area contributed by atoms with Gasteiger partial charge in [0, 0.05) is 44.2 Å². The summed E-state index contributed by atoms with van der Waals surface area (Å²) in [6.45, 7) is 1.40. The van der Waals surface area contributed by atoms with E-state index >= 15 is 0 Å². The van der Waals surface area contributed by atoms with Crippen molar-refractivity contribution in [2.45, 2.75) is 11.8 Å². The minimum Gasteiger partial charge on any atom is -0.313 e. The fourth-order valence-electron chi connectivity index (χ4n) is 2.93. The number of nitrogens with one attached hydrogen (secondary N) is 1. The molecule has 0 bridgehead atoms. The minimum atomic E-state index is -3.63. The number of rotatable bonds is 5. The number of non-ortho nitro benzene ring substituents is 1. The van der Waals surface area contributed by atoms with E-state index in [2.05, 4.69) is 10.3 Å². The molecular formula is C16H19ClN4O4S. The van der Waals surface area contributed by atoms with Crippen molar-refractivity contribution in [2.75, 3.05) is 19.6 Å². The Morgan fingerprint density at radius 3 is 2.81 bits per heavy atom. The van der Waals surface area contributed by atoms with Crippen LogP contribution in [0.25, 0.3) is 0 Å². The molecule has 2 heterocycles. The summed E-state index contributed by atoms with van der Waals surface area (Å²) in [6, 6.07) is 9.02. The van der Waals surface area contributed by atoms with Crippen LogP contribution in [-0.4, -0.2) is 42.3 Å². The van der Waals surface area contributed by atoms with Gasteiger partial charge in [-0.2, -0.15) is 4.31 Å². The number of benzene rings is 1. The van der Waals surface area contributed by atoms with E-state index in [0.717, 1.165) is 5.56 Å². The molecule has 2 aromatic rings. The van der Waals surface area contributed by atoms with E-state index in [-0.39, 0.29) is 29.9 Å². The van der Waals surface area contributed by atoms with E-state index in [1.807, 2.05) is 6.07 Å². The number of halogens is 1. The predicted octanol–water partition coefficient (Wildman–Crippen LogP) is 1.89. The molecule has 8 nitrogen and oxygen atoms in total. The van der Waals surface area contributed by atoms with Gasteiger partial charge in [-0.3, -0.25) is 15.1 Å². The van der Waals surface area contributed by atoms with Gasteiger partial charge in [0.25, 0.3) is 5.69 Å². The zero-order chi connectivity index (χ0) is 17.9. The molecule has 0 aliphatic carbocycles. The van der Waals surface area contributed by atoms with Crippen LogP contribution in [0.1, 0.15) is 17.2 Å². The van der Waals surface area contributed by atoms with Crippen LogP contribution in [0.5, 0.6) is 0 Å². The standard InChI is InChI=1S/C16H18N4O4S.ClH/c21-20(22)15-5-1-3-13(9-15)12-25(23,24)19-8-7-18-11-16(19)14-4-2-6-17-10-14;/h1-6,9-10,16,18H,7-8,11-12H2;1H. The molecule has 0 radical (unpaired) electrons. The van der Waals surface area contributed by atoms with Gasteiger partial charge in [0.05, 0.1) is 16.7 Å². The Morgan fingerprint density at radius 2 is 2.12 bits per heavy atom. The van der Waals surface area contributed by atoms with Crippen LogP contribution in [0.4, 0.5) is 5.69 Å². The van der Waals surface area contributed by atoms with E-state index in [9.17, 15) is 18.5 Å². The van der Waals surface area contributed by atoms with Gasteiger partial charge in [-0.25, -0.2) is 8.42 Å². The fourth-order valence-corrected chi connectivity index (χ4v) is 4.65. The van der Waals surface area contributed by atoms with Crippen molar-refractivity contribution < 1.29 is 13.3 Å². The molecule has 0 saturated carbocycles. The SMILES string of the molecule is Cl.O=[N+]([O-])c1cccc(CS(=O)(=O)N2CCNCC2c2cccnc2)c1. The van der Waals surface area contributed by atoms with Gasteiger partial charge in [-0.15, -0.1) is 12.4 Å². The predicted molar refractivity (Wildman–Crippen MR) is 99.5 cm³/mol. The topological polar surface area (TPSA) is 105 Å². The summed E-state index contributed by atoms with van der Waals surface area (Å²) >= 11 is 0. The average molecular weight is 399 g/mol. The van der Waals surface area contributed by atoms with E-state index in [4.69, 9.17) is 0 Å². The number of nitro benzene ring substituents is 1. The van der Waals surface area contributed by atoms with Crippen molar-refractivity contribution >= 4 is 28.1 Å². The molecule has 0 amide bonds. The number of piperazine rings is 1. The summed E-state index contributed by atoms with van der Waals surface area (Å²) in [5, 5.41) is 14.1. The van der Waals surface area contributed by atoms with Crippen molar-refractivity contribution in [3.8, 4) is 0 Å². The molecule has 1 unspecified atom stereocenters. The van der Waals surface area contributed by atoms with Crippen LogP contribution in [0.15, 0.2) is 48.8 Å². The third-order valence-corrected chi connectivity index (χ3v) is 5.94. The number of hydrogen-bond acceptors (Lipinski definition) is 6. The third-order valence-electron chi connectivity index (χ3n) is 4.09. The van der Waals surface area contributed by atoms with Crippen molar-refractivity contribution in [1.82, 2.24) is 14.6 Å². The number of pyridine rings is 1. The Morgan fingerprint density at radius 1 is 1.31 bits per heavy atom.